The van der Waals surface area contributed by atoms with Crippen LogP contribution >= 0.6 is 0 Å². The second-order valence-corrected chi connectivity index (χ2v) is 4.94. The van der Waals surface area contributed by atoms with Crippen molar-refractivity contribution in [1.82, 2.24) is 20.1 Å². The van der Waals surface area contributed by atoms with E-state index in [9.17, 15) is 4.39 Å². The van der Waals surface area contributed by atoms with Gasteiger partial charge in [0.05, 0.1) is 19.3 Å². The van der Waals surface area contributed by atoms with E-state index in [2.05, 4.69) is 20.1 Å². The van der Waals surface area contributed by atoms with Crippen molar-refractivity contribution in [3.05, 3.63) is 23.7 Å². The number of ether oxygens (including phenoxy) is 1. The fraction of sp³-hybridized carbons (Fsp3) is 0.538. The van der Waals surface area contributed by atoms with E-state index in [1.165, 1.54) is 0 Å². The molecule has 0 amide bonds. The van der Waals surface area contributed by atoms with E-state index >= 15 is 0 Å². The van der Waals surface area contributed by atoms with Gasteiger partial charge in [0, 0.05) is 34.7 Å². The van der Waals surface area contributed by atoms with Crippen molar-refractivity contribution < 1.29 is 13.7 Å². The lowest BCUT2D eigenvalue weighted by Crippen LogP contribution is -2.22. The number of aromatic nitrogens is 4. The SMILES string of the molecule is COCCc1noc(CN(C)c2ncc(F)c(N(C)C)n2)n1. The number of rotatable bonds is 7. The maximum Gasteiger partial charge on any atom is 0.246 e. The molecule has 0 aliphatic heterocycles. The predicted molar refractivity (Wildman–Crippen MR) is 78.3 cm³/mol. The number of methoxy groups -OCH3 is 1. The topological polar surface area (TPSA) is 80.4 Å². The molecule has 0 unspecified atom stereocenters. The fourth-order valence-corrected chi connectivity index (χ4v) is 1.77. The number of hydrogen-bond donors (Lipinski definition) is 0. The average molecular weight is 310 g/mol. The van der Waals surface area contributed by atoms with Gasteiger partial charge >= 0.3 is 0 Å². The molecule has 0 fully saturated rings. The smallest absolute Gasteiger partial charge is 0.246 e. The van der Waals surface area contributed by atoms with E-state index in [0.29, 0.717) is 37.2 Å². The zero-order valence-electron chi connectivity index (χ0n) is 13.1. The molecule has 2 rings (SSSR count). The molecule has 9 heteroatoms. The van der Waals surface area contributed by atoms with Gasteiger partial charge in [-0.05, 0) is 0 Å². The van der Waals surface area contributed by atoms with Gasteiger partial charge in [-0.2, -0.15) is 9.97 Å². The largest absolute Gasteiger partial charge is 0.384 e. The predicted octanol–water partition coefficient (Wildman–Crippen LogP) is 0.890. The van der Waals surface area contributed by atoms with Crippen LogP contribution in [0.25, 0.3) is 0 Å². The monoisotopic (exact) mass is 310 g/mol. The highest BCUT2D eigenvalue weighted by atomic mass is 19.1. The van der Waals surface area contributed by atoms with Gasteiger partial charge in [-0.3, -0.25) is 0 Å². The van der Waals surface area contributed by atoms with Crippen molar-refractivity contribution in [2.45, 2.75) is 13.0 Å². The fourth-order valence-electron chi connectivity index (χ4n) is 1.77. The molecule has 120 valence electrons. The number of nitrogens with zero attached hydrogens (tertiary/aromatic N) is 6. The van der Waals surface area contributed by atoms with Crippen LogP contribution in [0, 0.1) is 5.82 Å². The molecule has 0 aromatic carbocycles. The molecule has 0 aliphatic carbocycles. The lowest BCUT2D eigenvalue weighted by Gasteiger charge is -2.18. The van der Waals surface area contributed by atoms with E-state index in [1.807, 2.05) is 0 Å². The summed E-state index contributed by atoms with van der Waals surface area (Å²) in [4.78, 5) is 15.7. The van der Waals surface area contributed by atoms with Crippen molar-refractivity contribution in [2.24, 2.45) is 0 Å². The standard InChI is InChI=1S/C13H19FN6O2/c1-19(2)12-9(14)7-15-13(17-12)20(3)8-11-16-10(18-22-11)5-6-21-4/h7H,5-6,8H2,1-4H3. The normalized spacial score (nSPS) is 10.8. The quantitative estimate of drug-likeness (QED) is 0.746. The molecule has 0 saturated carbocycles. The maximum atomic E-state index is 13.6. The summed E-state index contributed by atoms with van der Waals surface area (Å²) in [7, 11) is 6.82. The molecule has 0 aliphatic rings. The van der Waals surface area contributed by atoms with E-state index < -0.39 is 5.82 Å². The number of halogens is 1. The van der Waals surface area contributed by atoms with Crippen LogP contribution in [-0.4, -0.2) is 55.0 Å². The lowest BCUT2D eigenvalue weighted by molar-refractivity contribution is 0.199. The molecule has 0 N–H and O–H groups in total. The summed E-state index contributed by atoms with van der Waals surface area (Å²) in [6, 6.07) is 0. The molecular weight excluding hydrogens is 291 g/mol. The summed E-state index contributed by atoms with van der Waals surface area (Å²) in [5.41, 5.74) is 0. The highest BCUT2D eigenvalue weighted by Gasteiger charge is 2.14. The van der Waals surface area contributed by atoms with Gasteiger partial charge < -0.3 is 19.1 Å². The van der Waals surface area contributed by atoms with E-state index in [4.69, 9.17) is 9.26 Å². The Labute approximate surface area is 127 Å². The molecule has 0 saturated heterocycles. The van der Waals surface area contributed by atoms with Crippen molar-refractivity contribution in [3.8, 4) is 0 Å². The van der Waals surface area contributed by atoms with E-state index in [1.54, 1.807) is 38.1 Å². The van der Waals surface area contributed by atoms with Crippen LogP contribution in [0.1, 0.15) is 11.7 Å². The molecule has 8 nitrogen and oxygen atoms in total. The highest BCUT2D eigenvalue weighted by Crippen LogP contribution is 2.17. The maximum absolute atomic E-state index is 13.6. The van der Waals surface area contributed by atoms with Crippen LogP contribution < -0.4 is 9.80 Å². The molecule has 0 atom stereocenters. The molecule has 2 heterocycles. The third-order valence-corrected chi connectivity index (χ3v) is 2.89. The van der Waals surface area contributed by atoms with Gasteiger partial charge in [-0.1, -0.05) is 5.16 Å². The first-order valence-corrected chi connectivity index (χ1v) is 6.72. The zero-order chi connectivity index (χ0) is 16.1. The van der Waals surface area contributed by atoms with Crippen LogP contribution in [0.2, 0.25) is 0 Å². The number of hydrogen-bond acceptors (Lipinski definition) is 8. The molecular formula is C13H19FN6O2. The van der Waals surface area contributed by atoms with Gasteiger partial charge in [0.25, 0.3) is 0 Å². The molecule has 0 spiro atoms. The second-order valence-electron chi connectivity index (χ2n) is 4.94. The van der Waals surface area contributed by atoms with Crippen molar-refractivity contribution in [1.29, 1.82) is 0 Å². The van der Waals surface area contributed by atoms with Gasteiger partial charge in [-0.15, -0.1) is 0 Å². The Hall–Kier alpha value is -2.29. The van der Waals surface area contributed by atoms with E-state index in [-0.39, 0.29) is 5.82 Å². The molecule has 0 bridgehead atoms. The van der Waals surface area contributed by atoms with Gasteiger partial charge in [0.15, 0.2) is 17.5 Å². The Morgan fingerprint density at radius 1 is 1.27 bits per heavy atom. The summed E-state index contributed by atoms with van der Waals surface area (Å²) in [6.45, 7) is 0.862. The molecule has 2 aromatic heterocycles. The Morgan fingerprint density at radius 3 is 2.73 bits per heavy atom. The van der Waals surface area contributed by atoms with Gasteiger partial charge in [-0.25, -0.2) is 9.37 Å². The summed E-state index contributed by atoms with van der Waals surface area (Å²) in [5, 5.41) is 3.86. The first-order chi connectivity index (χ1) is 10.5. The summed E-state index contributed by atoms with van der Waals surface area (Å²) >= 11 is 0. The van der Waals surface area contributed by atoms with Crippen molar-refractivity contribution >= 4 is 11.8 Å². The van der Waals surface area contributed by atoms with Crippen LogP contribution in [0.15, 0.2) is 10.7 Å². The third kappa shape index (κ3) is 3.88. The van der Waals surface area contributed by atoms with Crippen LogP contribution in [0.4, 0.5) is 16.2 Å². The summed E-state index contributed by atoms with van der Waals surface area (Å²) < 4.78 is 23.7. The minimum Gasteiger partial charge on any atom is -0.384 e. The Kier molecular flexibility index (Phi) is 5.21. The highest BCUT2D eigenvalue weighted by molar-refractivity contribution is 5.43. The summed E-state index contributed by atoms with van der Waals surface area (Å²) in [5.74, 6) is 1.15. The third-order valence-electron chi connectivity index (χ3n) is 2.89. The minimum atomic E-state index is -0.471. The Morgan fingerprint density at radius 2 is 2.05 bits per heavy atom. The minimum absolute atomic E-state index is 0.225. The molecule has 0 radical (unpaired) electrons. The van der Waals surface area contributed by atoms with E-state index in [0.717, 1.165) is 6.20 Å². The Balaban J connectivity index is 2.07. The van der Waals surface area contributed by atoms with Crippen LogP contribution in [0.5, 0.6) is 0 Å². The first kappa shape index (κ1) is 16.1. The van der Waals surface area contributed by atoms with Crippen LogP contribution in [-0.2, 0) is 17.7 Å². The number of anilines is 2. The average Bonchev–Trinajstić information content (AvgIpc) is 2.92. The Bertz CT molecular complexity index is 618. The molecule has 22 heavy (non-hydrogen) atoms. The van der Waals surface area contributed by atoms with Gasteiger partial charge in [0.1, 0.15) is 0 Å². The lowest BCUT2D eigenvalue weighted by atomic mass is 10.4. The first-order valence-electron chi connectivity index (χ1n) is 6.72. The summed E-state index contributed by atoms with van der Waals surface area (Å²) in [6.07, 6.45) is 1.73. The van der Waals surface area contributed by atoms with Crippen molar-refractivity contribution in [2.75, 3.05) is 44.7 Å². The zero-order valence-corrected chi connectivity index (χ0v) is 13.1. The van der Waals surface area contributed by atoms with Crippen molar-refractivity contribution in [3.63, 3.8) is 0 Å². The van der Waals surface area contributed by atoms with Crippen LogP contribution in [0.3, 0.4) is 0 Å². The second kappa shape index (κ2) is 7.12. The molecule has 2 aromatic rings. The van der Waals surface area contributed by atoms with Gasteiger partial charge in [0.2, 0.25) is 11.8 Å².